The maximum Gasteiger partial charge on any atom is 0.338 e. The second-order valence-electron chi connectivity index (χ2n) is 12.1. The van der Waals surface area contributed by atoms with E-state index in [4.69, 9.17) is 14.2 Å². The fraction of sp³-hybridized carbons (Fsp3) is 0.621. The molecule has 0 spiro atoms. The lowest BCUT2D eigenvalue weighted by atomic mass is 9.45. The van der Waals surface area contributed by atoms with Crippen LogP contribution in [0.2, 0.25) is 0 Å². The lowest BCUT2D eigenvalue weighted by Crippen LogP contribution is -2.79. The zero-order valence-corrected chi connectivity index (χ0v) is 22.4. The van der Waals surface area contributed by atoms with Crippen molar-refractivity contribution in [1.82, 2.24) is 0 Å². The summed E-state index contributed by atoms with van der Waals surface area (Å²) < 4.78 is 17.9. The van der Waals surface area contributed by atoms with Crippen LogP contribution in [0.15, 0.2) is 41.5 Å². The van der Waals surface area contributed by atoms with Gasteiger partial charge in [0.15, 0.2) is 11.4 Å². The van der Waals surface area contributed by atoms with Crippen LogP contribution < -0.4 is 0 Å². The first kappa shape index (κ1) is 27.0. The van der Waals surface area contributed by atoms with Gasteiger partial charge in [-0.3, -0.25) is 9.59 Å². The molecule has 0 aromatic heterocycles. The molecular weight excluding hydrogens is 492 g/mol. The lowest BCUT2D eigenvalue weighted by Gasteiger charge is -2.66. The third-order valence-electron chi connectivity index (χ3n) is 9.81. The molecule has 1 unspecified atom stereocenters. The van der Waals surface area contributed by atoms with E-state index in [9.17, 15) is 29.7 Å². The van der Waals surface area contributed by atoms with Gasteiger partial charge in [-0.25, -0.2) is 4.79 Å². The molecule has 4 aliphatic rings. The Morgan fingerprint density at radius 2 is 1.76 bits per heavy atom. The molecule has 38 heavy (non-hydrogen) atoms. The highest BCUT2D eigenvalue weighted by atomic mass is 16.6. The van der Waals surface area contributed by atoms with Crippen LogP contribution in [0.5, 0.6) is 0 Å². The number of aliphatic hydroxyl groups is 3. The Morgan fingerprint density at radius 3 is 2.34 bits per heavy atom. The van der Waals surface area contributed by atoms with E-state index in [1.54, 1.807) is 58.0 Å². The van der Waals surface area contributed by atoms with E-state index in [2.05, 4.69) is 0 Å². The Labute approximate surface area is 221 Å². The molecule has 1 aliphatic heterocycles. The van der Waals surface area contributed by atoms with E-state index < -0.39 is 70.1 Å². The van der Waals surface area contributed by atoms with Gasteiger partial charge in [-0.15, -0.1) is 0 Å². The summed E-state index contributed by atoms with van der Waals surface area (Å²) in [6, 6.07) is 8.28. The fourth-order valence-electron chi connectivity index (χ4n) is 7.68. The molecule has 9 heteroatoms. The van der Waals surface area contributed by atoms with Gasteiger partial charge in [0.05, 0.1) is 24.2 Å². The quantitative estimate of drug-likeness (QED) is 0.398. The molecule has 9 nitrogen and oxygen atoms in total. The summed E-state index contributed by atoms with van der Waals surface area (Å²) in [7, 11) is 0. The maximum absolute atomic E-state index is 14.2. The normalized spacial score (nSPS) is 41.6. The lowest BCUT2D eigenvalue weighted by molar-refractivity contribution is -0.332. The predicted octanol–water partition coefficient (Wildman–Crippen LogP) is 2.11. The molecule has 8 atom stereocenters. The van der Waals surface area contributed by atoms with Crippen LogP contribution in [0.4, 0.5) is 0 Å². The first-order valence-corrected chi connectivity index (χ1v) is 13.1. The average molecular weight is 529 g/mol. The van der Waals surface area contributed by atoms with Gasteiger partial charge in [0.1, 0.15) is 23.9 Å². The molecule has 1 heterocycles. The summed E-state index contributed by atoms with van der Waals surface area (Å²) in [5, 5.41) is 35.3. The van der Waals surface area contributed by atoms with E-state index >= 15 is 0 Å². The highest BCUT2D eigenvalue weighted by Crippen LogP contribution is 2.63. The topological polar surface area (TPSA) is 140 Å². The third-order valence-corrected chi connectivity index (χ3v) is 9.81. The number of Topliss-reactive ketones (excluding diaryl/α,β-unsaturated/α-hetero) is 1. The van der Waals surface area contributed by atoms with Crippen molar-refractivity contribution < 1.29 is 43.9 Å². The number of hydrogen-bond acceptors (Lipinski definition) is 9. The molecule has 2 bridgehead atoms. The molecule has 1 saturated heterocycles. The molecule has 1 aromatic rings. The molecule has 0 radical (unpaired) electrons. The first-order chi connectivity index (χ1) is 17.7. The Morgan fingerprint density at radius 1 is 1.11 bits per heavy atom. The monoisotopic (exact) mass is 528 g/mol. The van der Waals surface area contributed by atoms with Crippen molar-refractivity contribution in [2.24, 2.45) is 16.7 Å². The van der Waals surface area contributed by atoms with Crippen molar-refractivity contribution in [3.8, 4) is 0 Å². The number of carbonyl (C=O) groups excluding carboxylic acids is 3. The fourth-order valence-corrected chi connectivity index (χ4v) is 7.68. The SMILES string of the molecule is CC(=O)O[C@@]12COC1CC[C@@]1(C)C(=O)[C@H](O)C3=C(C)[C@@H](O)C[C@@](O)([C@@H](OC(=O)c4ccccc4)[C@@H]12)C3(C)C. The highest BCUT2D eigenvalue weighted by Gasteiger charge is 2.75. The summed E-state index contributed by atoms with van der Waals surface area (Å²) in [6.07, 6.45) is -4.37. The minimum atomic E-state index is -1.94. The summed E-state index contributed by atoms with van der Waals surface area (Å²) >= 11 is 0. The van der Waals surface area contributed by atoms with Gasteiger partial charge in [-0.05, 0) is 43.0 Å². The molecular formula is C29H36O9. The molecule has 1 aromatic carbocycles. The number of aliphatic hydroxyl groups excluding tert-OH is 2. The molecule has 3 fully saturated rings. The zero-order valence-electron chi connectivity index (χ0n) is 22.4. The summed E-state index contributed by atoms with van der Waals surface area (Å²) in [4.78, 5) is 40.2. The van der Waals surface area contributed by atoms with E-state index in [1.165, 1.54) is 6.92 Å². The maximum atomic E-state index is 14.2. The Balaban J connectivity index is 1.78. The van der Waals surface area contributed by atoms with Gasteiger partial charge in [0.2, 0.25) is 0 Å². The number of rotatable bonds is 3. The van der Waals surface area contributed by atoms with Crippen LogP contribution in [-0.4, -0.2) is 75.3 Å². The summed E-state index contributed by atoms with van der Waals surface area (Å²) in [5.41, 5.74) is -5.10. The number of carbonyl (C=O) groups is 3. The standard InChI is InChI=1S/C29H36O9/c1-15-18(31)13-29(35)24(37-25(34)17-9-7-6-8-10-17)22-27(5,23(33)21(32)20(15)26(29,3)4)12-11-19-28(22,14-36-19)38-16(2)30/h6-10,18-19,21-22,24,31-32,35H,11-14H2,1-5H3/t18-,19?,21+,22-,24-,27+,28-,29+/m0/s1. The van der Waals surface area contributed by atoms with Crippen molar-refractivity contribution in [2.45, 2.75) is 89.5 Å². The van der Waals surface area contributed by atoms with E-state index in [0.29, 0.717) is 12.0 Å². The van der Waals surface area contributed by atoms with Gasteiger partial charge in [0, 0.05) is 24.2 Å². The van der Waals surface area contributed by atoms with Gasteiger partial charge in [-0.2, -0.15) is 0 Å². The van der Waals surface area contributed by atoms with Crippen LogP contribution in [0.25, 0.3) is 0 Å². The average Bonchev–Trinajstić information content (AvgIpc) is 2.84. The first-order valence-electron chi connectivity index (χ1n) is 13.1. The number of esters is 2. The van der Waals surface area contributed by atoms with E-state index in [0.717, 1.165) is 0 Å². The van der Waals surface area contributed by atoms with Gasteiger partial charge in [0.25, 0.3) is 0 Å². The smallest absolute Gasteiger partial charge is 0.338 e. The highest BCUT2D eigenvalue weighted by molar-refractivity contribution is 5.93. The zero-order chi connectivity index (χ0) is 27.8. The number of ether oxygens (including phenoxy) is 3. The number of hydrogen-bond donors (Lipinski definition) is 3. The van der Waals surface area contributed by atoms with Crippen LogP contribution in [0.1, 0.15) is 64.2 Å². The predicted molar refractivity (Wildman–Crippen MR) is 134 cm³/mol. The minimum Gasteiger partial charge on any atom is -0.455 e. The van der Waals surface area contributed by atoms with Crippen molar-refractivity contribution in [3.63, 3.8) is 0 Å². The second-order valence-corrected chi connectivity index (χ2v) is 12.1. The third kappa shape index (κ3) is 3.48. The largest absolute Gasteiger partial charge is 0.455 e. The van der Waals surface area contributed by atoms with Crippen LogP contribution >= 0.6 is 0 Å². The van der Waals surface area contributed by atoms with Gasteiger partial charge >= 0.3 is 11.9 Å². The molecule has 0 amide bonds. The number of ketones is 1. The van der Waals surface area contributed by atoms with Crippen LogP contribution in [-0.2, 0) is 23.8 Å². The molecule has 3 N–H and O–H groups in total. The molecule has 206 valence electrons. The van der Waals surface area contributed by atoms with Gasteiger partial charge < -0.3 is 29.5 Å². The van der Waals surface area contributed by atoms with E-state index in [-0.39, 0.29) is 30.6 Å². The van der Waals surface area contributed by atoms with Crippen LogP contribution in [0.3, 0.4) is 0 Å². The Bertz CT molecular complexity index is 1210. The summed E-state index contributed by atoms with van der Waals surface area (Å²) in [5.74, 6) is -2.91. The Kier molecular flexibility index (Phi) is 6.19. The van der Waals surface area contributed by atoms with Crippen molar-refractivity contribution in [3.05, 3.63) is 47.0 Å². The van der Waals surface area contributed by atoms with E-state index in [1.807, 2.05) is 0 Å². The van der Waals surface area contributed by atoms with Crippen molar-refractivity contribution in [1.29, 1.82) is 0 Å². The van der Waals surface area contributed by atoms with Crippen molar-refractivity contribution in [2.75, 3.05) is 6.61 Å². The van der Waals surface area contributed by atoms with Crippen LogP contribution in [0, 0.1) is 16.7 Å². The minimum absolute atomic E-state index is 0.0545. The molecule has 2 saturated carbocycles. The van der Waals surface area contributed by atoms with Gasteiger partial charge in [-0.1, -0.05) is 39.0 Å². The molecule has 5 rings (SSSR count). The second kappa shape index (κ2) is 8.71. The summed E-state index contributed by atoms with van der Waals surface area (Å²) in [6.45, 7) is 7.87. The van der Waals surface area contributed by atoms with Crippen molar-refractivity contribution >= 4 is 17.7 Å². The Hall–Kier alpha value is -2.59. The number of fused-ring (bicyclic) bond motifs is 5. The number of benzene rings is 1. The molecule has 3 aliphatic carbocycles.